The molecule has 0 radical (unpaired) electrons. The molecule has 1 aromatic heterocycles. The number of carboxylic acid groups (broad SMARTS) is 1. The number of aromatic nitrogens is 2. The fourth-order valence-corrected chi connectivity index (χ4v) is 3.19. The molecular weight excluding hydrogens is 338 g/mol. The maximum atomic E-state index is 12.6. The molecule has 8 nitrogen and oxygen atoms in total. The van der Waals surface area contributed by atoms with Gasteiger partial charge in [-0.25, -0.2) is 4.79 Å². The Hall–Kier alpha value is -2.64. The molecule has 0 unspecified atom stereocenters. The highest BCUT2D eigenvalue weighted by molar-refractivity contribution is 5.81. The highest BCUT2D eigenvalue weighted by Crippen LogP contribution is 2.35. The molecule has 1 atom stereocenters. The lowest BCUT2D eigenvalue weighted by atomic mass is 9.76. The molecule has 0 spiro atoms. The van der Waals surface area contributed by atoms with Crippen LogP contribution >= 0.6 is 0 Å². The number of amides is 1. The molecule has 0 aromatic carbocycles. The van der Waals surface area contributed by atoms with Crippen LogP contribution in [0.15, 0.2) is 27.4 Å². The molecule has 142 valence electrons. The lowest BCUT2D eigenvalue weighted by Crippen LogP contribution is -2.50. The first-order chi connectivity index (χ1) is 12.2. The van der Waals surface area contributed by atoms with Gasteiger partial charge in [0.25, 0.3) is 5.56 Å². The number of hydrogen-bond acceptors (Lipinski definition) is 4. The molecule has 1 aliphatic heterocycles. The molecule has 1 aromatic rings. The van der Waals surface area contributed by atoms with E-state index in [1.807, 2.05) is 19.9 Å². The smallest absolute Gasteiger partial charge is 0.328 e. The van der Waals surface area contributed by atoms with Crippen molar-refractivity contribution < 1.29 is 14.7 Å². The quantitative estimate of drug-likeness (QED) is 0.747. The van der Waals surface area contributed by atoms with Crippen LogP contribution in [-0.4, -0.2) is 44.5 Å². The van der Waals surface area contributed by atoms with Crippen LogP contribution in [0.5, 0.6) is 0 Å². The summed E-state index contributed by atoms with van der Waals surface area (Å²) in [6.45, 7) is 4.40. The van der Waals surface area contributed by atoms with Crippen molar-refractivity contribution in [1.82, 2.24) is 14.5 Å². The van der Waals surface area contributed by atoms with Gasteiger partial charge in [0.05, 0.1) is 11.8 Å². The zero-order chi connectivity index (χ0) is 19.5. The monoisotopic (exact) mass is 363 g/mol. The predicted octanol–water partition coefficient (Wildman–Crippen LogP) is 0.666. The van der Waals surface area contributed by atoms with Crippen LogP contribution in [0, 0.1) is 5.41 Å². The molecule has 1 fully saturated rings. The summed E-state index contributed by atoms with van der Waals surface area (Å²) in [5, 5.41) is 9.74. The number of carbonyl (C=O) groups is 2. The van der Waals surface area contributed by atoms with Gasteiger partial charge in [0.2, 0.25) is 5.91 Å². The molecule has 1 saturated heterocycles. The Bertz CT molecular complexity index is 847. The minimum Gasteiger partial charge on any atom is -0.481 e. The number of allylic oxidation sites excluding steroid dienone is 2. The number of likely N-dealkylation sites (tertiary alicyclic amines) is 1. The summed E-state index contributed by atoms with van der Waals surface area (Å²) in [5.41, 5.74) is -0.844. The molecule has 1 amide bonds. The number of nitrogens with one attached hydrogen (secondary N) is 1. The lowest BCUT2D eigenvalue weighted by molar-refractivity contribution is -0.154. The second kappa shape index (κ2) is 7.72. The molecular formula is C18H25N3O5. The first-order valence-electron chi connectivity index (χ1n) is 8.58. The van der Waals surface area contributed by atoms with Crippen molar-refractivity contribution in [2.75, 3.05) is 13.1 Å². The highest BCUT2D eigenvalue weighted by atomic mass is 16.4. The Balaban J connectivity index is 2.20. The first kappa shape index (κ1) is 19.7. The van der Waals surface area contributed by atoms with Crippen molar-refractivity contribution in [3.63, 3.8) is 0 Å². The zero-order valence-electron chi connectivity index (χ0n) is 15.4. The van der Waals surface area contributed by atoms with Crippen LogP contribution in [0.25, 0.3) is 0 Å². The van der Waals surface area contributed by atoms with E-state index in [9.17, 15) is 24.3 Å². The van der Waals surface area contributed by atoms with Gasteiger partial charge in [-0.3, -0.25) is 19.0 Å². The number of carboxylic acids is 1. The summed E-state index contributed by atoms with van der Waals surface area (Å²) in [6, 6.07) is 0. The number of hydrogen-bond donors (Lipinski definition) is 2. The van der Waals surface area contributed by atoms with E-state index in [1.165, 1.54) is 18.1 Å². The maximum Gasteiger partial charge on any atom is 0.328 e. The van der Waals surface area contributed by atoms with E-state index in [4.69, 9.17) is 0 Å². The molecule has 26 heavy (non-hydrogen) atoms. The van der Waals surface area contributed by atoms with Gasteiger partial charge in [-0.2, -0.15) is 0 Å². The van der Waals surface area contributed by atoms with Crippen molar-refractivity contribution >= 4 is 11.9 Å². The molecule has 2 rings (SSSR count). The van der Waals surface area contributed by atoms with Crippen molar-refractivity contribution in [2.24, 2.45) is 12.5 Å². The second-order valence-corrected chi connectivity index (χ2v) is 7.15. The minimum atomic E-state index is -0.999. The largest absolute Gasteiger partial charge is 0.481 e. The number of aliphatic carboxylic acids is 1. The summed E-state index contributed by atoms with van der Waals surface area (Å²) >= 11 is 0. The standard InChI is InChI=1S/C18H25N3O5/c1-12(2)5-7-18(16(24)25)6-4-8-21(11-18)14(22)9-13-10-19-17(26)20(3)15(13)23/h5,10H,4,6-9,11H2,1-3H3,(H,19,26)(H,24,25)/t18-/m1/s1. The van der Waals surface area contributed by atoms with Crippen molar-refractivity contribution in [1.29, 1.82) is 0 Å². The number of nitrogens with zero attached hydrogens (tertiary/aromatic N) is 2. The van der Waals surface area contributed by atoms with E-state index in [1.54, 1.807) is 0 Å². The number of piperidine rings is 1. The van der Waals surface area contributed by atoms with Gasteiger partial charge in [-0.05, 0) is 33.1 Å². The van der Waals surface area contributed by atoms with Crippen LogP contribution in [-0.2, 0) is 23.1 Å². The van der Waals surface area contributed by atoms with E-state index < -0.39 is 22.6 Å². The molecule has 2 N–H and O–H groups in total. The average Bonchev–Trinajstić information content (AvgIpc) is 2.60. The third-order valence-corrected chi connectivity index (χ3v) is 4.88. The number of rotatable bonds is 5. The summed E-state index contributed by atoms with van der Waals surface area (Å²) in [6.07, 6.45) is 4.45. The normalized spacial score (nSPS) is 19.9. The van der Waals surface area contributed by atoms with Crippen LogP contribution in [0.1, 0.15) is 38.7 Å². The van der Waals surface area contributed by atoms with Gasteiger partial charge in [0.15, 0.2) is 0 Å². The second-order valence-electron chi connectivity index (χ2n) is 7.15. The molecule has 8 heteroatoms. The Labute approximate surface area is 151 Å². The van der Waals surface area contributed by atoms with Gasteiger partial charge in [-0.15, -0.1) is 0 Å². The van der Waals surface area contributed by atoms with Gasteiger partial charge in [0, 0.05) is 31.9 Å². The van der Waals surface area contributed by atoms with Crippen molar-refractivity contribution in [3.05, 3.63) is 44.2 Å². The van der Waals surface area contributed by atoms with Crippen molar-refractivity contribution in [3.8, 4) is 0 Å². The van der Waals surface area contributed by atoms with Gasteiger partial charge in [0.1, 0.15) is 0 Å². The van der Waals surface area contributed by atoms with Gasteiger partial charge >= 0.3 is 11.7 Å². The summed E-state index contributed by atoms with van der Waals surface area (Å²) in [7, 11) is 1.34. The average molecular weight is 363 g/mol. The van der Waals surface area contributed by atoms with E-state index >= 15 is 0 Å². The SMILES string of the molecule is CC(C)=CC[C@]1(C(=O)O)CCCN(C(=O)Cc2c[nH]c(=O)n(C)c2=O)C1. The molecule has 2 heterocycles. The Kier molecular flexibility index (Phi) is 5.84. The maximum absolute atomic E-state index is 12.6. The zero-order valence-corrected chi connectivity index (χ0v) is 15.4. The molecule has 0 aliphatic carbocycles. The Morgan fingerprint density at radius 1 is 1.35 bits per heavy atom. The van der Waals surface area contributed by atoms with Gasteiger partial charge in [-0.1, -0.05) is 11.6 Å². The van der Waals surface area contributed by atoms with Crippen LogP contribution < -0.4 is 11.2 Å². The van der Waals surface area contributed by atoms with E-state index in [-0.39, 0.29) is 24.4 Å². The van der Waals surface area contributed by atoms with E-state index in [0.29, 0.717) is 25.8 Å². The lowest BCUT2D eigenvalue weighted by Gasteiger charge is -2.39. The fourth-order valence-electron chi connectivity index (χ4n) is 3.19. The summed E-state index contributed by atoms with van der Waals surface area (Å²) in [5.74, 6) is -1.22. The van der Waals surface area contributed by atoms with Crippen LogP contribution in [0.2, 0.25) is 0 Å². The summed E-state index contributed by atoms with van der Waals surface area (Å²) < 4.78 is 0.912. The Morgan fingerprint density at radius 2 is 2.04 bits per heavy atom. The number of aromatic amines is 1. The first-order valence-corrected chi connectivity index (χ1v) is 8.58. The third kappa shape index (κ3) is 4.12. The fraction of sp³-hybridized carbons (Fsp3) is 0.556. The predicted molar refractivity (Wildman–Crippen MR) is 95.9 cm³/mol. The van der Waals surface area contributed by atoms with Crippen LogP contribution in [0.3, 0.4) is 0 Å². The van der Waals surface area contributed by atoms with Gasteiger partial charge < -0.3 is 15.0 Å². The Morgan fingerprint density at radius 3 is 2.65 bits per heavy atom. The van der Waals surface area contributed by atoms with E-state index in [0.717, 1.165) is 10.1 Å². The number of carbonyl (C=O) groups excluding carboxylic acids is 1. The van der Waals surface area contributed by atoms with E-state index in [2.05, 4.69) is 4.98 Å². The minimum absolute atomic E-state index is 0.120. The number of H-pyrrole nitrogens is 1. The molecule has 0 saturated carbocycles. The third-order valence-electron chi connectivity index (χ3n) is 4.88. The van der Waals surface area contributed by atoms with Crippen molar-refractivity contribution in [2.45, 2.75) is 39.5 Å². The van der Waals surface area contributed by atoms with Crippen LogP contribution in [0.4, 0.5) is 0 Å². The highest BCUT2D eigenvalue weighted by Gasteiger charge is 2.42. The summed E-state index contributed by atoms with van der Waals surface area (Å²) in [4.78, 5) is 52.0. The molecule has 0 bridgehead atoms. The molecule has 1 aliphatic rings. The topological polar surface area (TPSA) is 112 Å².